The van der Waals surface area contributed by atoms with E-state index in [0.717, 1.165) is 11.3 Å². The molecular formula is C9H12ClN3O3S2. The number of rotatable bonds is 7. The predicted molar refractivity (Wildman–Crippen MR) is 68.0 cm³/mol. The van der Waals surface area contributed by atoms with Gasteiger partial charge in [-0.05, 0) is 0 Å². The molecule has 0 aliphatic carbocycles. The highest BCUT2D eigenvalue weighted by atomic mass is 35.5. The standard InChI is InChI=1S/C9H12ClN3O3S2/c1-16-6-5-13(4-2-3-11)18(14,15)8-7-12-9(10)17-8/h7H,2,4-6H2,1H3. The topological polar surface area (TPSA) is 83.3 Å². The molecule has 1 heterocycles. The van der Waals surface area contributed by atoms with Crippen LogP contribution in [0.25, 0.3) is 0 Å². The highest BCUT2D eigenvalue weighted by molar-refractivity contribution is 7.91. The summed E-state index contributed by atoms with van der Waals surface area (Å²) in [7, 11) is -2.17. The molecule has 0 fully saturated rings. The molecule has 0 aromatic carbocycles. The number of halogens is 1. The van der Waals surface area contributed by atoms with E-state index < -0.39 is 10.0 Å². The number of thiazole rings is 1. The minimum absolute atomic E-state index is 0.0709. The van der Waals surface area contributed by atoms with E-state index in [1.54, 1.807) is 0 Å². The Hall–Kier alpha value is -0.720. The summed E-state index contributed by atoms with van der Waals surface area (Å²) < 4.78 is 30.8. The molecule has 0 unspecified atom stereocenters. The van der Waals surface area contributed by atoms with Crippen LogP contribution in [0.2, 0.25) is 4.47 Å². The van der Waals surface area contributed by atoms with Crippen molar-refractivity contribution < 1.29 is 13.2 Å². The molecule has 100 valence electrons. The molecule has 0 radical (unpaired) electrons. The maximum atomic E-state index is 12.2. The van der Waals surface area contributed by atoms with E-state index in [1.165, 1.54) is 17.6 Å². The van der Waals surface area contributed by atoms with Gasteiger partial charge in [0.1, 0.15) is 0 Å². The lowest BCUT2D eigenvalue weighted by molar-refractivity contribution is 0.179. The number of aromatic nitrogens is 1. The molecule has 0 spiro atoms. The van der Waals surface area contributed by atoms with Crippen molar-refractivity contribution in [3.63, 3.8) is 0 Å². The number of methoxy groups -OCH3 is 1. The highest BCUT2D eigenvalue weighted by Crippen LogP contribution is 2.25. The van der Waals surface area contributed by atoms with Gasteiger partial charge in [-0.2, -0.15) is 9.57 Å². The molecule has 0 aliphatic heterocycles. The molecule has 0 atom stereocenters. The largest absolute Gasteiger partial charge is 0.383 e. The summed E-state index contributed by atoms with van der Waals surface area (Å²) in [5.41, 5.74) is 0. The van der Waals surface area contributed by atoms with Crippen molar-refractivity contribution in [2.24, 2.45) is 0 Å². The van der Waals surface area contributed by atoms with Crippen LogP contribution < -0.4 is 0 Å². The van der Waals surface area contributed by atoms with Crippen LogP contribution in [0.1, 0.15) is 6.42 Å². The summed E-state index contributed by atoms with van der Waals surface area (Å²) in [5.74, 6) is 0. The second kappa shape index (κ2) is 7.01. The van der Waals surface area contributed by atoms with Gasteiger partial charge in [-0.1, -0.05) is 22.9 Å². The van der Waals surface area contributed by atoms with Crippen molar-refractivity contribution in [3.8, 4) is 6.07 Å². The molecule has 6 nitrogen and oxygen atoms in total. The summed E-state index contributed by atoms with van der Waals surface area (Å²) >= 11 is 6.52. The molecule has 1 aromatic heterocycles. The van der Waals surface area contributed by atoms with Crippen molar-refractivity contribution in [2.45, 2.75) is 10.6 Å². The van der Waals surface area contributed by atoms with E-state index in [2.05, 4.69) is 4.98 Å². The average Bonchev–Trinajstić information content (AvgIpc) is 2.76. The third-order valence-electron chi connectivity index (χ3n) is 2.07. The molecule has 0 saturated heterocycles. The summed E-state index contributed by atoms with van der Waals surface area (Å²) in [6, 6.07) is 1.92. The van der Waals surface area contributed by atoms with Crippen LogP contribution >= 0.6 is 22.9 Å². The third-order valence-corrected chi connectivity index (χ3v) is 5.52. The summed E-state index contributed by atoms with van der Waals surface area (Å²) in [6.07, 6.45) is 1.34. The summed E-state index contributed by atoms with van der Waals surface area (Å²) in [6.45, 7) is 0.574. The van der Waals surface area contributed by atoms with Crippen LogP contribution in [0, 0.1) is 11.3 Å². The zero-order chi connectivity index (χ0) is 13.6. The molecule has 0 amide bonds. The van der Waals surface area contributed by atoms with Gasteiger partial charge < -0.3 is 4.74 Å². The smallest absolute Gasteiger partial charge is 0.254 e. The second-order valence-electron chi connectivity index (χ2n) is 3.24. The Balaban J connectivity index is 2.92. The number of hydrogen-bond donors (Lipinski definition) is 0. The fourth-order valence-corrected chi connectivity index (χ4v) is 4.08. The Bertz CT molecular complexity index is 523. The van der Waals surface area contributed by atoms with E-state index >= 15 is 0 Å². The van der Waals surface area contributed by atoms with Crippen LogP contribution in [-0.2, 0) is 14.8 Å². The van der Waals surface area contributed by atoms with Crippen LogP contribution in [0.4, 0.5) is 0 Å². The molecule has 1 aromatic rings. The summed E-state index contributed by atoms with van der Waals surface area (Å²) in [5, 5.41) is 8.55. The number of sulfonamides is 1. The predicted octanol–water partition coefficient (Wildman–Crippen LogP) is 1.35. The molecule has 9 heteroatoms. The lowest BCUT2D eigenvalue weighted by Gasteiger charge is -2.19. The fraction of sp³-hybridized carbons (Fsp3) is 0.556. The minimum atomic E-state index is -3.65. The Morgan fingerprint density at radius 1 is 1.61 bits per heavy atom. The van der Waals surface area contributed by atoms with Crippen molar-refractivity contribution in [3.05, 3.63) is 10.7 Å². The van der Waals surface area contributed by atoms with E-state index in [4.69, 9.17) is 21.6 Å². The van der Waals surface area contributed by atoms with Crippen LogP contribution in [0.15, 0.2) is 10.4 Å². The fourth-order valence-electron chi connectivity index (χ4n) is 1.21. The first kappa shape index (κ1) is 15.3. The van der Waals surface area contributed by atoms with Crippen LogP contribution in [0.5, 0.6) is 0 Å². The molecule has 0 saturated carbocycles. The van der Waals surface area contributed by atoms with Gasteiger partial charge in [0.15, 0.2) is 8.68 Å². The zero-order valence-corrected chi connectivity index (χ0v) is 12.1. The molecule has 0 bridgehead atoms. The van der Waals surface area contributed by atoms with Gasteiger partial charge in [-0.3, -0.25) is 0 Å². The number of hydrogen-bond acceptors (Lipinski definition) is 6. The Kier molecular flexibility index (Phi) is 5.98. The van der Waals surface area contributed by atoms with E-state index in [9.17, 15) is 8.42 Å². The van der Waals surface area contributed by atoms with Crippen molar-refractivity contribution in [1.82, 2.24) is 9.29 Å². The van der Waals surface area contributed by atoms with Crippen molar-refractivity contribution >= 4 is 33.0 Å². The number of nitriles is 1. The normalized spacial score (nSPS) is 11.7. The SMILES string of the molecule is COCCN(CCC#N)S(=O)(=O)c1cnc(Cl)s1. The molecule has 1 rings (SSSR count). The van der Waals surface area contributed by atoms with Gasteiger partial charge in [-0.15, -0.1) is 0 Å². The Morgan fingerprint density at radius 2 is 2.33 bits per heavy atom. The quantitative estimate of drug-likeness (QED) is 0.759. The number of ether oxygens (including phenoxy) is 1. The Morgan fingerprint density at radius 3 is 2.83 bits per heavy atom. The molecule has 0 N–H and O–H groups in total. The van der Waals surface area contributed by atoms with Gasteiger partial charge in [0.2, 0.25) is 0 Å². The van der Waals surface area contributed by atoms with Gasteiger partial charge in [0.05, 0.1) is 18.9 Å². The molecule has 0 aliphatic rings. The average molecular weight is 310 g/mol. The third kappa shape index (κ3) is 3.90. The van der Waals surface area contributed by atoms with E-state index in [1.807, 2.05) is 6.07 Å². The van der Waals surface area contributed by atoms with Crippen LogP contribution in [0.3, 0.4) is 0 Å². The van der Waals surface area contributed by atoms with Crippen molar-refractivity contribution in [2.75, 3.05) is 26.8 Å². The van der Waals surface area contributed by atoms with Crippen molar-refractivity contribution in [1.29, 1.82) is 5.26 Å². The lowest BCUT2D eigenvalue weighted by Crippen LogP contribution is -2.34. The highest BCUT2D eigenvalue weighted by Gasteiger charge is 2.26. The van der Waals surface area contributed by atoms with Gasteiger partial charge in [-0.25, -0.2) is 13.4 Å². The van der Waals surface area contributed by atoms with E-state index in [-0.39, 0.29) is 34.8 Å². The first-order valence-corrected chi connectivity index (χ1v) is 7.63. The number of nitrogens with zero attached hydrogens (tertiary/aromatic N) is 3. The van der Waals surface area contributed by atoms with Crippen LogP contribution in [-0.4, -0.2) is 44.5 Å². The first-order valence-electron chi connectivity index (χ1n) is 4.99. The monoisotopic (exact) mass is 309 g/mol. The first-order chi connectivity index (χ1) is 8.52. The second-order valence-corrected chi connectivity index (χ2v) is 7.01. The lowest BCUT2D eigenvalue weighted by atomic mass is 10.4. The van der Waals surface area contributed by atoms with Gasteiger partial charge >= 0.3 is 0 Å². The minimum Gasteiger partial charge on any atom is -0.383 e. The van der Waals surface area contributed by atoms with Gasteiger partial charge in [0.25, 0.3) is 10.0 Å². The zero-order valence-electron chi connectivity index (χ0n) is 9.67. The maximum Gasteiger partial charge on any atom is 0.254 e. The Labute approximate surface area is 115 Å². The summed E-state index contributed by atoms with van der Waals surface area (Å²) in [4.78, 5) is 3.71. The van der Waals surface area contributed by atoms with E-state index in [0.29, 0.717) is 0 Å². The van der Waals surface area contributed by atoms with Gasteiger partial charge in [0, 0.05) is 26.6 Å². The molecular weight excluding hydrogens is 298 g/mol. The molecule has 18 heavy (non-hydrogen) atoms. The maximum absolute atomic E-state index is 12.2.